The summed E-state index contributed by atoms with van der Waals surface area (Å²) in [4.78, 5) is 4.44. The van der Waals surface area contributed by atoms with Crippen LogP contribution in [0.25, 0.3) is 0 Å². The second-order valence-corrected chi connectivity index (χ2v) is 12.4. The molecule has 10 atom stereocenters. The van der Waals surface area contributed by atoms with Gasteiger partial charge < -0.3 is 9.47 Å². The zero-order chi connectivity index (χ0) is 21.6. The van der Waals surface area contributed by atoms with Crippen molar-refractivity contribution in [2.45, 2.75) is 91.3 Å². The topological polar surface area (TPSA) is 31.4 Å². The minimum absolute atomic E-state index is 0.248. The van der Waals surface area contributed by atoms with Gasteiger partial charge in [-0.05, 0) is 112 Å². The first-order valence-electron chi connectivity index (χ1n) is 13.0. The number of nitrogens with zero attached hydrogens (tertiary/aromatic N) is 1. The van der Waals surface area contributed by atoms with Gasteiger partial charge in [-0.25, -0.2) is 0 Å². The number of ether oxygens (including phenoxy) is 2. The third kappa shape index (κ3) is 2.53. The Balaban J connectivity index is 1.27. The molecule has 5 fully saturated rings. The summed E-state index contributed by atoms with van der Waals surface area (Å²) in [5.41, 5.74) is 2.46. The molecule has 0 amide bonds. The molecule has 3 heteroatoms. The van der Waals surface area contributed by atoms with Crippen LogP contribution in [0.4, 0.5) is 0 Å². The van der Waals surface area contributed by atoms with Gasteiger partial charge >= 0.3 is 0 Å². The number of rotatable bonds is 4. The van der Waals surface area contributed by atoms with Gasteiger partial charge in [0.15, 0.2) is 0 Å². The second-order valence-electron chi connectivity index (χ2n) is 12.4. The highest BCUT2D eigenvalue weighted by Crippen LogP contribution is 2.82. The van der Waals surface area contributed by atoms with Crippen molar-refractivity contribution >= 4 is 0 Å². The number of aryl methyl sites for hydroxylation is 1. The molecule has 3 nitrogen and oxygen atoms in total. The smallest absolute Gasteiger partial charge is 0.140 e. The standard InChI is InChI=1S/C28H41NO2/c1-17-24(7-6-14-29-17)31-18(2)21-8-9-22-20-15-25(30-5)28-16-19(28)10-13-27(28,4)23(20)11-12-26(21,22)3/h6-7,14,18-23,25H,8-13,15-16H2,1-5H3/t18-,19+,20-,21+,22-,23-,25?,26+,27+,28?/m0/s1. The Morgan fingerprint density at radius 2 is 1.94 bits per heavy atom. The number of hydrogen-bond donors (Lipinski definition) is 0. The number of pyridine rings is 1. The Kier molecular flexibility index (Phi) is 4.44. The van der Waals surface area contributed by atoms with Gasteiger partial charge in [-0.15, -0.1) is 0 Å². The Hall–Kier alpha value is -1.09. The molecule has 1 spiro atoms. The van der Waals surface area contributed by atoms with Crippen LogP contribution in [0, 0.1) is 52.8 Å². The van der Waals surface area contributed by atoms with Crippen molar-refractivity contribution in [1.29, 1.82) is 0 Å². The maximum atomic E-state index is 6.55. The Bertz CT molecular complexity index is 870. The minimum Gasteiger partial charge on any atom is -0.489 e. The van der Waals surface area contributed by atoms with Gasteiger partial charge in [0.25, 0.3) is 0 Å². The lowest BCUT2D eigenvalue weighted by Crippen LogP contribution is -2.57. The highest BCUT2D eigenvalue weighted by atomic mass is 16.5. The molecule has 0 bridgehead atoms. The highest BCUT2D eigenvalue weighted by molar-refractivity contribution is 5.27. The van der Waals surface area contributed by atoms with Crippen LogP contribution in [-0.4, -0.2) is 24.3 Å². The first-order chi connectivity index (χ1) is 14.8. The monoisotopic (exact) mass is 423 g/mol. The van der Waals surface area contributed by atoms with Crippen molar-refractivity contribution in [3.8, 4) is 5.75 Å². The van der Waals surface area contributed by atoms with Gasteiger partial charge in [0, 0.05) is 24.6 Å². The molecule has 0 saturated heterocycles. The third-order valence-corrected chi connectivity index (χ3v) is 11.7. The fourth-order valence-corrected chi connectivity index (χ4v) is 10.3. The molecule has 6 rings (SSSR count). The van der Waals surface area contributed by atoms with Gasteiger partial charge in [0.1, 0.15) is 5.75 Å². The molecule has 0 N–H and O–H groups in total. The predicted molar refractivity (Wildman–Crippen MR) is 123 cm³/mol. The van der Waals surface area contributed by atoms with Crippen molar-refractivity contribution in [3.63, 3.8) is 0 Å². The molecule has 1 heterocycles. The van der Waals surface area contributed by atoms with Crippen molar-refractivity contribution in [1.82, 2.24) is 4.98 Å². The van der Waals surface area contributed by atoms with Gasteiger partial charge in [-0.3, -0.25) is 4.98 Å². The van der Waals surface area contributed by atoms with Crippen LogP contribution >= 0.6 is 0 Å². The molecular formula is C28H41NO2. The maximum absolute atomic E-state index is 6.55. The van der Waals surface area contributed by atoms with Crippen molar-refractivity contribution < 1.29 is 9.47 Å². The maximum Gasteiger partial charge on any atom is 0.140 e. The van der Waals surface area contributed by atoms with Gasteiger partial charge in [-0.2, -0.15) is 0 Å². The van der Waals surface area contributed by atoms with E-state index < -0.39 is 0 Å². The van der Waals surface area contributed by atoms with Crippen LogP contribution in [-0.2, 0) is 4.74 Å². The molecule has 5 saturated carbocycles. The summed E-state index contributed by atoms with van der Waals surface area (Å²) in [6.45, 7) is 9.67. The summed E-state index contributed by atoms with van der Waals surface area (Å²) in [7, 11) is 2.00. The predicted octanol–water partition coefficient (Wildman–Crippen LogP) is 6.44. The Morgan fingerprint density at radius 1 is 1.10 bits per heavy atom. The number of methoxy groups -OCH3 is 1. The van der Waals surface area contributed by atoms with Crippen molar-refractivity contribution in [3.05, 3.63) is 24.0 Å². The van der Waals surface area contributed by atoms with Crippen LogP contribution in [0.15, 0.2) is 18.3 Å². The molecule has 2 unspecified atom stereocenters. The van der Waals surface area contributed by atoms with Gasteiger partial charge in [-0.1, -0.05) is 13.8 Å². The quantitative estimate of drug-likeness (QED) is 0.558. The lowest BCUT2D eigenvalue weighted by molar-refractivity contribution is -0.162. The summed E-state index contributed by atoms with van der Waals surface area (Å²) in [5.74, 6) is 5.16. The Labute approximate surface area is 188 Å². The molecule has 1 aromatic rings. The largest absolute Gasteiger partial charge is 0.489 e. The van der Waals surface area contributed by atoms with E-state index in [4.69, 9.17) is 9.47 Å². The normalized spacial score (nSPS) is 50.7. The van der Waals surface area contributed by atoms with E-state index in [0.29, 0.717) is 28.3 Å². The number of hydrogen-bond acceptors (Lipinski definition) is 3. The summed E-state index contributed by atoms with van der Waals surface area (Å²) in [6.07, 6.45) is 13.8. The lowest BCUT2D eigenvalue weighted by Gasteiger charge is -2.61. The van der Waals surface area contributed by atoms with Crippen molar-refractivity contribution in [2.75, 3.05) is 7.11 Å². The fourth-order valence-electron chi connectivity index (χ4n) is 10.3. The van der Waals surface area contributed by atoms with E-state index in [1.165, 1.54) is 51.4 Å². The van der Waals surface area contributed by atoms with E-state index in [9.17, 15) is 0 Å². The number of fused-ring (bicyclic) bond motifs is 4. The first-order valence-corrected chi connectivity index (χ1v) is 13.0. The summed E-state index contributed by atoms with van der Waals surface area (Å²) < 4.78 is 12.8. The molecule has 170 valence electrons. The van der Waals surface area contributed by atoms with Crippen LogP contribution < -0.4 is 4.74 Å². The second kappa shape index (κ2) is 6.72. The zero-order valence-corrected chi connectivity index (χ0v) is 20.2. The summed E-state index contributed by atoms with van der Waals surface area (Å²) in [5, 5.41) is 0. The van der Waals surface area contributed by atoms with E-state index in [-0.39, 0.29) is 6.10 Å². The molecule has 0 aromatic carbocycles. The molecular weight excluding hydrogens is 382 g/mol. The zero-order valence-electron chi connectivity index (χ0n) is 20.2. The average Bonchev–Trinajstić information content (AvgIpc) is 3.26. The number of aromatic nitrogens is 1. The molecule has 5 aliphatic rings. The van der Waals surface area contributed by atoms with E-state index in [1.807, 2.05) is 19.4 Å². The van der Waals surface area contributed by atoms with Crippen LogP contribution in [0.3, 0.4) is 0 Å². The van der Waals surface area contributed by atoms with E-state index in [2.05, 4.69) is 38.7 Å². The van der Waals surface area contributed by atoms with Crippen molar-refractivity contribution in [2.24, 2.45) is 45.8 Å². The highest BCUT2D eigenvalue weighted by Gasteiger charge is 2.77. The molecule has 31 heavy (non-hydrogen) atoms. The van der Waals surface area contributed by atoms with Crippen LogP contribution in [0.1, 0.15) is 77.8 Å². The third-order valence-electron chi connectivity index (χ3n) is 11.7. The van der Waals surface area contributed by atoms with Crippen LogP contribution in [0.2, 0.25) is 0 Å². The van der Waals surface area contributed by atoms with E-state index in [1.54, 1.807) is 0 Å². The fraction of sp³-hybridized carbons (Fsp3) is 0.821. The van der Waals surface area contributed by atoms with Gasteiger partial charge in [0.05, 0.1) is 17.9 Å². The lowest BCUT2D eigenvalue weighted by atomic mass is 9.45. The molecule has 1 aromatic heterocycles. The average molecular weight is 424 g/mol. The first kappa shape index (κ1) is 20.5. The van der Waals surface area contributed by atoms with Gasteiger partial charge in [0.2, 0.25) is 0 Å². The minimum atomic E-state index is 0.248. The van der Waals surface area contributed by atoms with Crippen LogP contribution in [0.5, 0.6) is 5.75 Å². The summed E-state index contributed by atoms with van der Waals surface area (Å²) >= 11 is 0. The molecule has 5 aliphatic carbocycles. The Morgan fingerprint density at radius 3 is 2.68 bits per heavy atom. The van der Waals surface area contributed by atoms with E-state index in [0.717, 1.165) is 35.1 Å². The molecule has 0 radical (unpaired) electrons. The summed E-state index contributed by atoms with van der Waals surface area (Å²) in [6, 6.07) is 4.08. The van der Waals surface area contributed by atoms with E-state index >= 15 is 0 Å². The molecule has 0 aliphatic heterocycles. The SMILES string of the molecule is COC1C[C@H]2[C@@H]3CC[C@H]([C@H](C)Oc4cccnc4C)[C@@]3(C)CC[C@@H]2[C@@]2(C)CC[C@@H]3CC132.